The molecule has 0 aliphatic carbocycles. The van der Waals surface area contributed by atoms with Crippen LogP contribution in [0.5, 0.6) is 0 Å². The summed E-state index contributed by atoms with van der Waals surface area (Å²) in [6.07, 6.45) is 6.06. The Morgan fingerprint density at radius 2 is 2.17 bits per heavy atom. The Kier molecular flexibility index (Phi) is 5.35. The van der Waals surface area contributed by atoms with E-state index in [1.54, 1.807) is 0 Å². The van der Waals surface area contributed by atoms with E-state index in [9.17, 15) is 8.42 Å². The molecule has 0 bridgehead atoms. The molecule has 0 amide bonds. The minimum atomic E-state index is -3.13. The predicted molar refractivity (Wildman–Crippen MR) is 87.5 cm³/mol. The van der Waals surface area contributed by atoms with E-state index in [0.29, 0.717) is 12.5 Å². The highest BCUT2D eigenvalue weighted by atomic mass is 32.2. The van der Waals surface area contributed by atoms with Crippen LogP contribution in [0.1, 0.15) is 31.0 Å². The Morgan fingerprint density at radius 3 is 2.91 bits per heavy atom. The van der Waals surface area contributed by atoms with Crippen molar-refractivity contribution in [2.24, 2.45) is 5.92 Å². The summed E-state index contributed by atoms with van der Waals surface area (Å²) in [7, 11) is -3.13. The second-order valence-electron chi connectivity index (χ2n) is 6.63. The van der Waals surface area contributed by atoms with Gasteiger partial charge in [-0.05, 0) is 31.2 Å². The van der Waals surface area contributed by atoms with Crippen molar-refractivity contribution in [2.45, 2.75) is 31.8 Å². The zero-order valence-electron chi connectivity index (χ0n) is 13.6. The van der Waals surface area contributed by atoms with Gasteiger partial charge in [-0.1, -0.05) is 0 Å². The average Bonchev–Trinajstić information content (AvgIpc) is 2.95. The van der Waals surface area contributed by atoms with Gasteiger partial charge in [0, 0.05) is 45.6 Å². The number of nitrogens with one attached hydrogen (secondary N) is 1. The van der Waals surface area contributed by atoms with Crippen molar-refractivity contribution in [1.82, 2.24) is 19.4 Å². The van der Waals surface area contributed by atoms with E-state index in [1.807, 2.05) is 6.20 Å². The molecule has 23 heavy (non-hydrogen) atoms. The van der Waals surface area contributed by atoms with Crippen LogP contribution in [0.15, 0.2) is 12.3 Å². The first-order valence-corrected chi connectivity index (χ1v) is 10.2. The van der Waals surface area contributed by atoms with Crippen LogP contribution in [-0.2, 0) is 21.3 Å². The molecule has 1 fully saturated rings. The minimum absolute atomic E-state index is 0.225. The number of ether oxygens (including phenoxy) is 1. The topological polar surface area (TPSA) is 76.5 Å². The van der Waals surface area contributed by atoms with E-state index >= 15 is 0 Å². The summed E-state index contributed by atoms with van der Waals surface area (Å²) in [5.41, 5.74) is 1.22. The fourth-order valence-corrected chi connectivity index (χ4v) is 4.01. The molecule has 0 unspecified atom stereocenters. The molecule has 0 radical (unpaired) electrons. The maximum atomic E-state index is 11.2. The van der Waals surface area contributed by atoms with E-state index < -0.39 is 10.0 Å². The molecule has 1 N–H and O–H groups in total. The number of fused-ring (bicyclic) bond motifs is 1. The highest BCUT2D eigenvalue weighted by Gasteiger charge is 2.27. The molecule has 0 spiro atoms. The normalized spacial score (nSPS) is 23.8. The second-order valence-corrected chi connectivity index (χ2v) is 8.46. The molecule has 0 saturated carbocycles. The van der Waals surface area contributed by atoms with Crippen LogP contribution in [0, 0.1) is 5.92 Å². The third kappa shape index (κ3) is 4.76. The molecule has 1 saturated heterocycles. The molecule has 3 rings (SSSR count). The van der Waals surface area contributed by atoms with Crippen molar-refractivity contribution < 1.29 is 13.2 Å². The molecule has 3 heterocycles. The Bertz CT molecular complexity index is 610. The summed E-state index contributed by atoms with van der Waals surface area (Å²) in [6, 6.07) is 2.29. The number of hydrogen-bond acceptors (Lipinski definition) is 5. The summed E-state index contributed by atoms with van der Waals surface area (Å²) in [6.45, 7) is 5.14. The van der Waals surface area contributed by atoms with E-state index in [0.717, 1.165) is 52.1 Å². The van der Waals surface area contributed by atoms with E-state index in [2.05, 4.69) is 25.5 Å². The molecular formula is C15H26N4O3S. The zero-order chi connectivity index (χ0) is 16.3. The maximum Gasteiger partial charge on any atom is 0.208 e. The van der Waals surface area contributed by atoms with E-state index in [-0.39, 0.29) is 6.04 Å². The molecule has 0 aromatic carbocycles. The van der Waals surface area contributed by atoms with Gasteiger partial charge in [0.2, 0.25) is 10.0 Å². The molecule has 7 nitrogen and oxygen atoms in total. The predicted octanol–water partition coefficient (Wildman–Crippen LogP) is 0.606. The third-order valence-electron chi connectivity index (χ3n) is 4.65. The average molecular weight is 342 g/mol. The van der Waals surface area contributed by atoms with Crippen LogP contribution in [0.3, 0.4) is 0 Å². The van der Waals surface area contributed by atoms with Gasteiger partial charge in [-0.15, -0.1) is 0 Å². The van der Waals surface area contributed by atoms with Crippen molar-refractivity contribution in [3.63, 3.8) is 0 Å². The van der Waals surface area contributed by atoms with Gasteiger partial charge in [0.25, 0.3) is 0 Å². The molecule has 1 aromatic rings. The van der Waals surface area contributed by atoms with Crippen LogP contribution < -0.4 is 4.72 Å². The molecule has 2 aliphatic heterocycles. The lowest BCUT2D eigenvalue weighted by Gasteiger charge is -2.36. The van der Waals surface area contributed by atoms with Crippen molar-refractivity contribution in [3.8, 4) is 0 Å². The van der Waals surface area contributed by atoms with Crippen molar-refractivity contribution in [1.29, 1.82) is 0 Å². The standard InChI is InChI=1S/C15H26N4O3S/c1-23(20,21)17-7-3-15-12-18(10-13-4-8-22-9-5-13)11-14-2-6-16-19(14)15/h2,6,13,15,17H,3-5,7-12H2,1H3/t15-/m0/s1. The number of nitrogens with zero attached hydrogens (tertiary/aromatic N) is 3. The van der Waals surface area contributed by atoms with Crippen molar-refractivity contribution in [2.75, 3.05) is 39.1 Å². The fraction of sp³-hybridized carbons (Fsp3) is 0.800. The molecule has 1 aromatic heterocycles. The van der Waals surface area contributed by atoms with Gasteiger partial charge in [0.15, 0.2) is 0 Å². The van der Waals surface area contributed by atoms with Gasteiger partial charge in [0.1, 0.15) is 0 Å². The maximum absolute atomic E-state index is 11.2. The Labute approximate surface area is 138 Å². The Hall–Kier alpha value is -0.960. The second kappa shape index (κ2) is 7.29. The molecule has 2 aliphatic rings. The van der Waals surface area contributed by atoms with Crippen LogP contribution in [0.4, 0.5) is 0 Å². The summed E-state index contributed by atoms with van der Waals surface area (Å²) >= 11 is 0. The Balaban J connectivity index is 1.60. The van der Waals surface area contributed by atoms with Gasteiger partial charge in [-0.3, -0.25) is 9.58 Å². The molecular weight excluding hydrogens is 316 g/mol. The summed E-state index contributed by atoms with van der Waals surface area (Å²) in [5, 5.41) is 4.43. The zero-order valence-corrected chi connectivity index (χ0v) is 14.5. The lowest BCUT2D eigenvalue weighted by atomic mass is 9.98. The first-order valence-electron chi connectivity index (χ1n) is 8.28. The van der Waals surface area contributed by atoms with Crippen molar-refractivity contribution in [3.05, 3.63) is 18.0 Å². The lowest BCUT2D eigenvalue weighted by molar-refractivity contribution is 0.0444. The van der Waals surface area contributed by atoms with Gasteiger partial charge < -0.3 is 4.74 Å². The highest BCUT2D eigenvalue weighted by Crippen LogP contribution is 2.25. The summed E-state index contributed by atoms with van der Waals surface area (Å²) in [5.74, 6) is 0.702. The lowest BCUT2D eigenvalue weighted by Crippen LogP contribution is -2.42. The van der Waals surface area contributed by atoms with Crippen LogP contribution in [-0.4, -0.2) is 62.2 Å². The fourth-order valence-electron chi connectivity index (χ4n) is 3.52. The largest absolute Gasteiger partial charge is 0.381 e. The number of hydrogen-bond donors (Lipinski definition) is 1. The van der Waals surface area contributed by atoms with Gasteiger partial charge in [0.05, 0.1) is 18.0 Å². The molecule has 8 heteroatoms. The summed E-state index contributed by atoms with van der Waals surface area (Å²) < 4.78 is 32.6. The van der Waals surface area contributed by atoms with Crippen molar-refractivity contribution >= 4 is 10.0 Å². The first kappa shape index (κ1) is 16.9. The van der Waals surface area contributed by atoms with E-state index in [1.165, 1.54) is 11.9 Å². The number of aromatic nitrogens is 2. The summed E-state index contributed by atoms with van der Waals surface area (Å²) in [4.78, 5) is 2.48. The SMILES string of the molecule is CS(=O)(=O)NCC[C@H]1CN(CC2CCOCC2)Cc2ccnn21. The highest BCUT2D eigenvalue weighted by molar-refractivity contribution is 7.88. The Morgan fingerprint density at radius 1 is 1.39 bits per heavy atom. The smallest absolute Gasteiger partial charge is 0.208 e. The van der Waals surface area contributed by atoms with Gasteiger partial charge >= 0.3 is 0 Å². The third-order valence-corrected chi connectivity index (χ3v) is 5.38. The first-order chi connectivity index (χ1) is 11.0. The molecule has 130 valence electrons. The van der Waals surface area contributed by atoms with Gasteiger partial charge in [-0.25, -0.2) is 13.1 Å². The monoisotopic (exact) mass is 342 g/mol. The quantitative estimate of drug-likeness (QED) is 0.819. The van der Waals surface area contributed by atoms with Crippen LogP contribution in [0.25, 0.3) is 0 Å². The molecule has 1 atom stereocenters. The van der Waals surface area contributed by atoms with Crippen LogP contribution >= 0.6 is 0 Å². The number of rotatable bonds is 6. The van der Waals surface area contributed by atoms with Crippen LogP contribution in [0.2, 0.25) is 0 Å². The van der Waals surface area contributed by atoms with Gasteiger partial charge in [-0.2, -0.15) is 5.10 Å². The number of sulfonamides is 1. The van der Waals surface area contributed by atoms with E-state index in [4.69, 9.17) is 4.74 Å². The minimum Gasteiger partial charge on any atom is -0.381 e.